The summed E-state index contributed by atoms with van der Waals surface area (Å²) in [5.74, 6) is 0. The maximum absolute atomic E-state index is 12.7. The second-order valence-electron chi connectivity index (χ2n) is 28.3. The van der Waals surface area contributed by atoms with E-state index in [4.69, 9.17) is 86.3 Å². The monoisotopic (exact) mass is 1660 g/mol. The van der Waals surface area contributed by atoms with E-state index in [2.05, 4.69) is 0 Å². The molecular formula is C60H105NO51. The third-order valence-corrected chi connectivity index (χ3v) is 20.8. The number of ether oxygens (including phenoxy) is 17. The van der Waals surface area contributed by atoms with Crippen LogP contribution in [0.5, 0.6) is 0 Å². The van der Waals surface area contributed by atoms with Crippen LogP contribution in [-0.4, -0.2) is 546 Å². The summed E-state index contributed by atoms with van der Waals surface area (Å²) < 4.78 is 97.9. The molecule has 9 heterocycles. The van der Waals surface area contributed by atoms with Gasteiger partial charge in [-0.15, -0.1) is 0 Å². The van der Waals surface area contributed by atoms with E-state index in [1.807, 2.05) is 0 Å². The maximum Gasteiger partial charge on any atom is 0.187 e. The van der Waals surface area contributed by atoms with Crippen LogP contribution in [0.2, 0.25) is 0 Å². The largest absolute Gasteiger partial charge is 0.394 e. The van der Waals surface area contributed by atoms with Crippen molar-refractivity contribution < 1.29 is 254 Å². The smallest absolute Gasteiger partial charge is 0.187 e. The zero-order chi connectivity index (χ0) is 82.8. The Morgan fingerprint density at radius 1 is 0.250 bits per heavy atom. The first kappa shape index (κ1) is 93.8. The number of aliphatic hydroxyl groups is 34. The minimum atomic E-state index is -2.80. The molecule has 36 N–H and O–H groups in total. The Balaban J connectivity index is 1.07. The van der Waals surface area contributed by atoms with E-state index in [1.165, 1.54) is 0 Å². The second kappa shape index (κ2) is 40.5. The Morgan fingerprint density at radius 2 is 0.571 bits per heavy atom. The average Bonchev–Trinajstić information content (AvgIpc) is 0.746. The van der Waals surface area contributed by atoms with Crippen molar-refractivity contribution in [3.8, 4) is 0 Å². The summed E-state index contributed by atoms with van der Waals surface area (Å²) in [6, 6.07) is -1.61. The zero-order valence-corrected chi connectivity index (χ0v) is 58.5. The molecule has 9 fully saturated rings. The molecular weight excluding hydrogens is 1550 g/mol. The number of aliphatic hydroxyl groups excluding tert-OH is 34. The summed E-state index contributed by atoms with van der Waals surface area (Å²) >= 11 is 0. The molecule has 51 atom stereocenters. The molecule has 656 valence electrons. The van der Waals surface area contributed by atoms with Gasteiger partial charge < -0.3 is 260 Å². The van der Waals surface area contributed by atoms with Gasteiger partial charge in [0.2, 0.25) is 0 Å². The van der Waals surface area contributed by atoms with Gasteiger partial charge in [0.15, 0.2) is 56.6 Å². The van der Waals surface area contributed by atoms with Crippen LogP contribution in [-0.2, 0) is 80.5 Å². The lowest BCUT2D eigenvalue weighted by Gasteiger charge is -2.52. The summed E-state index contributed by atoms with van der Waals surface area (Å²) in [6.07, 6.45) is -115. The van der Waals surface area contributed by atoms with Gasteiger partial charge in [-0.2, -0.15) is 0 Å². The Morgan fingerprint density at radius 3 is 1.04 bits per heavy atom. The van der Waals surface area contributed by atoms with Crippen molar-refractivity contribution in [1.29, 1.82) is 0 Å². The van der Waals surface area contributed by atoms with Gasteiger partial charge in [-0.05, 0) is 0 Å². The van der Waals surface area contributed by atoms with E-state index < -0.39 is 372 Å². The topological polar surface area (TPSA) is 871 Å². The molecule has 9 aliphatic rings. The third-order valence-electron chi connectivity index (χ3n) is 20.8. The highest BCUT2D eigenvalue weighted by Crippen LogP contribution is 2.41. The Labute approximate surface area is 630 Å². The second-order valence-corrected chi connectivity index (χ2v) is 28.3. The first-order valence-electron chi connectivity index (χ1n) is 35.3. The van der Waals surface area contributed by atoms with Crippen molar-refractivity contribution in [2.24, 2.45) is 5.73 Å². The van der Waals surface area contributed by atoms with Crippen LogP contribution < -0.4 is 5.73 Å². The maximum atomic E-state index is 12.7. The summed E-state index contributed by atoms with van der Waals surface area (Å²) in [6.45, 7) is -10.7. The zero-order valence-electron chi connectivity index (χ0n) is 58.5. The Kier molecular flexibility index (Phi) is 33.9. The fraction of sp³-hybridized carbons (Fsp3) is 1.00. The quantitative estimate of drug-likeness (QED) is 0.0306. The van der Waals surface area contributed by atoms with Crippen molar-refractivity contribution in [3.63, 3.8) is 0 Å². The molecule has 9 rings (SSSR count). The molecule has 0 aromatic rings. The molecule has 52 nitrogen and oxygen atoms in total. The first-order chi connectivity index (χ1) is 52.9. The van der Waals surface area contributed by atoms with E-state index in [-0.39, 0.29) is 0 Å². The standard InChI is InChI=1S/C60H105NO51/c61-19-23(76)20(73)14(4-65)98-53(19)96-8-13(72)45-31(84)28(81)39(92)59(106-45)110-49-41(94)60(111-50-33(86)32(85)42(10(69)1-62)103-52(50)95)108-47(17(7-68)101-57-38(91)27(80)30(83)44(105-57)12(71)3-64)51(49)112-58-36(89)25(78)22(75)18(102-58)9-97-54-40(93)34(87)48(109-55-35(88)24(77)21(74)15(5-66)99-55)46(107-54)16(6-67)100-56-37(90)26(79)29(82)43(104-56)11(70)2-63/h10-60,62-95H,1-9,61H2/t10-,11+,12-,13-,14+,15+,16+,17-,18+,19+,20+,21-,22+,23+,24-,25-,26-,27-,28-,29-,30-,31-,32-,33-,34+,35+,36+,37-,38-,39-,40-,41-,42+,43+,44+,45+,46+,47+,48-,49+,50-,51+,52-,53-,54-,55-,56-,57-,58-,59+,60+/m0/s1. The number of nitrogens with two attached hydrogens (primary N) is 1. The minimum Gasteiger partial charge on any atom is -0.394 e. The summed E-state index contributed by atoms with van der Waals surface area (Å²) in [7, 11) is 0. The van der Waals surface area contributed by atoms with Crippen molar-refractivity contribution in [3.05, 3.63) is 0 Å². The Hall–Kier alpha value is -2.08. The molecule has 9 aliphatic heterocycles. The summed E-state index contributed by atoms with van der Waals surface area (Å²) in [4.78, 5) is 0. The van der Waals surface area contributed by atoms with Crippen LogP contribution in [0.25, 0.3) is 0 Å². The average molecular weight is 1660 g/mol. The Bertz CT molecular complexity index is 2790. The molecule has 52 heteroatoms. The van der Waals surface area contributed by atoms with Gasteiger partial charge in [-0.1, -0.05) is 0 Å². The summed E-state index contributed by atoms with van der Waals surface area (Å²) in [5, 5.41) is 372. The fourth-order valence-electron chi connectivity index (χ4n) is 14.1. The van der Waals surface area contributed by atoms with Crippen LogP contribution >= 0.6 is 0 Å². The lowest BCUT2D eigenvalue weighted by molar-refractivity contribution is -0.414. The molecule has 0 unspecified atom stereocenters. The van der Waals surface area contributed by atoms with Gasteiger partial charge in [-0.25, -0.2) is 0 Å². The number of rotatable bonds is 31. The van der Waals surface area contributed by atoms with Crippen LogP contribution in [0.1, 0.15) is 0 Å². The third kappa shape index (κ3) is 19.8. The summed E-state index contributed by atoms with van der Waals surface area (Å²) in [5.41, 5.74) is 5.98. The predicted molar refractivity (Wildman–Crippen MR) is 335 cm³/mol. The van der Waals surface area contributed by atoms with E-state index >= 15 is 0 Å². The molecule has 0 aromatic heterocycles. The molecule has 0 aromatic carbocycles. The lowest BCUT2D eigenvalue weighted by atomic mass is 9.92. The molecule has 0 amide bonds. The SMILES string of the molecule is N[C@H]1[C@@H](OC[C@H](O)[C@H]2O[C@H](O[C@@H]3[C@H](O)[C@@H](O[C@H]4[C@@H](O)[C@H](O)[C@@H]([C@@H](O)CO)O[C@@H]4O)O[C@H]([C@H](CO)O[C@H]4O[C@H]([C@@H](O)CO)[C@@H](O)[C@H](O)[C@@H]4O)[C@H]3O[C@@H]3O[C@H](CO[C@H]4O[C@H]([C@@H](CO)O[C@H]5O[C@H]([C@H](O)CO)[C@@H](O)[C@H](O)[C@@H]5O)[C@@H](O[C@@H]5O[C@H](CO)[C@H](O)[C@H](O)[C@H]5O)[C@H](O)[C@@H]4O)[C@@H](O)[C@H](O)[C@H]3O)[C@@H](O)[C@@H](O)[C@@H]2O)O[C@H](CO)[C@@H](O)[C@@H]1O. The molecule has 0 bridgehead atoms. The van der Waals surface area contributed by atoms with Crippen LogP contribution in [0.15, 0.2) is 0 Å². The van der Waals surface area contributed by atoms with Gasteiger partial charge in [0.25, 0.3) is 0 Å². The number of hydrogen-bond donors (Lipinski definition) is 35. The van der Waals surface area contributed by atoms with Crippen molar-refractivity contribution in [1.82, 2.24) is 0 Å². The molecule has 0 aliphatic carbocycles. The fourth-order valence-corrected chi connectivity index (χ4v) is 14.1. The molecule has 0 radical (unpaired) electrons. The molecule has 0 spiro atoms. The van der Waals surface area contributed by atoms with E-state index in [0.717, 1.165) is 0 Å². The van der Waals surface area contributed by atoms with Gasteiger partial charge in [-0.3, -0.25) is 0 Å². The molecule has 9 saturated heterocycles. The van der Waals surface area contributed by atoms with Gasteiger partial charge >= 0.3 is 0 Å². The van der Waals surface area contributed by atoms with Crippen LogP contribution in [0, 0.1) is 0 Å². The van der Waals surface area contributed by atoms with Gasteiger partial charge in [0.05, 0.1) is 65.5 Å². The molecule has 0 saturated carbocycles. The van der Waals surface area contributed by atoms with Crippen molar-refractivity contribution in [2.75, 3.05) is 59.5 Å². The highest BCUT2D eigenvalue weighted by Gasteiger charge is 2.62. The highest BCUT2D eigenvalue weighted by atomic mass is 16.8. The number of hydrogen-bond acceptors (Lipinski definition) is 52. The first-order valence-corrected chi connectivity index (χ1v) is 35.3. The van der Waals surface area contributed by atoms with E-state index in [0.29, 0.717) is 0 Å². The van der Waals surface area contributed by atoms with Gasteiger partial charge in [0.1, 0.15) is 250 Å². The predicted octanol–water partition coefficient (Wildman–Crippen LogP) is -24.5. The lowest BCUT2D eigenvalue weighted by Crippen LogP contribution is -2.70. The molecule has 112 heavy (non-hydrogen) atoms. The van der Waals surface area contributed by atoms with Crippen molar-refractivity contribution >= 4 is 0 Å². The van der Waals surface area contributed by atoms with E-state index in [9.17, 15) is 174 Å². The normalized spacial score (nSPS) is 51.0. The highest BCUT2D eigenvalue weighted by molar-refractivity contribution is 5.05. The van der Waals surface area contributed by atoms with Crippen LogP contribution in [0.3, 0.4) is 0 Å². The minimum absolute atomic E-state index is 0.911. The van der Waals surface area contributed by atoms with Crippen molar-refractivity contribution in [2.45, 2.75) is 313 Å². The van der Waals surface area contributed by atoms with E-state index in [1.54, 1.807) is 0 Å². The van der Waals surface area contributed by atoms with Gasteiger partial charge in [0, 0.05) is 0 Å². The van der Waals surface area contributed by atoms with Crippen LogP contribution in [0.4, 0.5) is 0 Å².